The van der Waals surface area contributed by atoms with Crippen molar-refractivity contribution >= 4 is 12.0 Å². The Bertz CT molecular complexity index is 593. The van der Waals surface area contributed by atoms with E-state index in [0.717, 1.165) is 12.1 Å². The van der Waals surface area contributed by atoms with Crippen LogP contribution in [0.2, 0.25) is 0 Å². The van der Waals surface area contributed by atoms with E-state index in [4.69, 9.17) is 10.6 Å². The number of carbonyl (C=O) groups is 1. The van der Waals surface area contributed by atoms with Crippen LogP contribution in [0.25, 0.3) is 16.5 Å². The molecule has 0 saturated heterocycles. The van der Waals surface area contributed by atoms with E-state index in [2.05, 4.69) is 14.8 Å². The fraction of sp³-hybridized carbons (Fsp3) is 0.250. The molecule has 21 heavy (non-hydrogen) atoms. The zero-order valence-electron chi connectivity index (χ0n) is 10.5. The number of hydrogen-bond acceptors (Lipinski definition) is 3. The van der Waals surface area contributed by atoms with E-state index in [1.807, 2.05) is 0 Å². The Kier molecular flexibility index (Phi) is 5.62. The summed E-state index contributed by atoms with van der Waals surface area (Å²) in [5.41, 5.74) is 7.97. The number of hydrogen-bond donors (Lipinski definition) is 1. The van der Waals surface area contributed by atoms with Gasteiger partial charge in [0.1, 0.15) is 5.75 Å². The van der Waals surface area contributed by atoms with E-state index in [0.29, 0.717) is 6.42 Å². The Morgan fingerprint density at radius 2 is 2.14 bits per heavy atom. The van der Waals surface area contributed by atoms with E-state index < -0.39 is 18.1 Å². The maximum absolute atomic E-state index is 12.2. The van der Waals surface area contributed by atoms with Gasteiger partial charge in [0.05, 0.1) is 5.56 Å². The lowest BCUT2D eigenvalue weighted by atomic mass is 10.1. The third-order valence-electron chi connectivity index (χ3n) is 2.18. The number of nitrogens with zero attached hydrogens (tertiary/aromatic N) is 3. The second-order valence-corrected chi connectivity index (χ2v) is 3.79. The standard InChI is InChI=1S/C12H10F3N3O3/c13-12(14,15)21-10-6-8(3-1-2-4-17-18-16)5-9(7-10)11(19)20/h1,3,5-7H,2,4H2,(H,19,20). The van der Waals surface area contributed by atoms with Gasteiger partial charge >= 0.3 is 12.3 Å². The summed E-state index contributed by atoms with van der Waals surface area (Å²) in [4.78, 5) is 13.4. The van der Waals surface area contributed by atoms with Crippen molar-refractivity contribution in [2.45, 2.75) is 12.8 Å². The van der Waals surface area contributed by atoms with Crippen molar-refractivity contribution in [3.63, 3.8) is 0 Å². The second kappa shape index (κ2) is 7.20. The molecule has 0 aromatic heterocycles. The molecule has 1 aromatic rings. The predicted molar refractivity (Wildman–Crippen MR) is 67.7 cm³/mol. The molecule has 0 amide bonds. The monoisotopic (exact) mass is 301 g/mol. The molecule has 0 heterocycles. The maximum atomic E-state index is 12.2. The van der Waals surface area contributed by atoms with Crippen LogP contribution < -0.4 is 4.74 Å². The normalized spacial score (nSPS) is 11.2. The molecule has 0 aliphatic heterocycles. The van der Waals surface area contributed by atoms with E-state index >= 15 is 0 Å². The van der Waals surface area contributed by atoms with E-state index in [1.54, 1.807) is 6.08 Å². The van der Waals surface area contributed by atoms with Gasteiger partial charge in [0, 0.05) is 11.5 Å². The molecule has 0 spiro atoms. The number of carboxylic acid groups (broad SMARTS) is 1. The molecular formula is C12H10F3N3O3. The first kappa shape index (κ1) is 16.4. The van der Waals surface area contributed by atoms with Crippen LogP contribution in [0.5, 0.6) is 5.75 Å². The van der Waals surface area contributed by atoms with Gasteiger partial charge in [-0.3, -0.25) is 0 Å². The topological polar surface area (TPSA) is 95.3 Å². The van der Waals surface area contributed by atoms with Gasteiger partial charge in [-0.05, 0) is 35.7 Å². The highest BCUT2D eigenvalue weighted by atomic mass is 19.4. The first-order valence-electron chi connectivity index (χ1n) is 5.63. The summed E-state index contributed by atoms with van der Waals surface area (Å²) in [6.45, 7) is 0.192. The van der Waals surface area contributed by atoms with Gasteiger partial charge in [-0.25, -0.2) is 4.79 Å². The maximum Gasteiger partial charge on any atom is 0.573 e. The molecule has 0 radical (unpaired) electrons. The van der Waals surface area contributed by atoms with Crippen LogP contribution in [0.15, 0.2) is 29.4 Å². The van der Waals surface area contributed by atoms with Gasteiger partial charge in [0.25, 0.3) is 0 Å². The molecule has 0 aliphatic rings. The summed E-state index contributed by atoms with van der Waals surface area (Å²) in [7, 11) is 0. The van der Waals surface area contributed by atoms with Gasteiger partial charge in [-0.2, -0.15) is 0 Å². The first-order chi connectivity index (χ1) is 9.81. The summed E-state index contributed by atoms with van der Waals surface area (Å²) in [6.07, 6.45) is -1.56. The molecule has 1 N–H and O–H groups in total. The molecular weight excluding hydrogens is 291 g/mol. The van der Waals surface area contributed by atoms with Crippen LogP contribution in [0, 0.1) is 0 Å². The zero-order chi connectivity index (χ0) is 15.9. The van der Waals surface area contributed by atoms with E-state index in [1.165, 1.54) is 12.1 Å². The molecule has 0 unspecified atom stereocenters. The SMILES string of the molecule is [N-]=[N+]=NCCC=Cc1cc(OC(F)(F)F)cc(C(=O)O)c1. The summed E-state index contributed by atoms with van der Waals surface area (Å²) in [5, 5.41) is 12.1. The lowest BCUT2D eigenvalue weighted by Gasteiger charge is -2.10. The highest BCUT2D eigenvalue weighted by Gasteiger charge is 2.31. The van der Waals surface area contributed by atoms with Gasteiger partial charge < -0.3 is 9.84 Å². The number of halogens is 3. The average Bonchev–Trinajstić information content (AvgIpc) is 2.36. The second-order valence-electron chi connectivity index (χ2n) is 3.79. The van der Waals surface area contributed by atoms with E-state index in [9.17, 15) is 18.0 Å². The van der Waals surface area contributed by atoms with Gasteiger partial charge in [-0.1, -0.05) is 17.3 Å². The Hall–Kier alpha value is -2.67. The van der Waals surface area contributed by atoms with Crippen molar-refractivity contribution in [3.05, 3.63) is 45.8 Å². The average molecular weight is 301 g/mol. The molecule has 0 bridgehead atoms. The number of carboxylic acids is 1. The third kappa shape index (κ3) is 6.35. The van der Waals surface area contributed by atoms with Crippen molar-refractivity contribution in [1.29, 1.82) is 0 Å². The van der Waals surface area contributed by atoms with Crippen LogP contribution in [-0.2, 0) is 0 Å². The molecule has 0 saturated carbocycles. The summed E-state index contributed by atoms with van der Waals surface area (Å²) >= 11 is 0. The van der Waals surface area contributed by atoms with Crippen molar-refractivity contribution < 1.29 is 27.8 Å². The number of azide groups is 1. The van der Waals surface area contributed by atoms with Crippen molar-refractivity contribution in [3.8, 4) is 5.75 Å². The van der Waals surface area contributed by atoms with Crippen molar-refractivity contribution in [2.24, 2.45) is 5.11 Å². The molecule has 0 aliphatic carbocycles. The molecule has 112 valence electrons. The number of alkyl halides is 3. The Labute approximate surface area is 117 Å². The minimum atomic E-state index is -4.90. The number of benzene rings is 1. The van der Waals surface area contributed by atoms with Gasteiger partial charge in [-0.15, -0.1) is 13.2 Å². The molecule has 9 heteroatoms. The Morgan fingerprint density at radius 1 is 1.43 bits per heavy atom. The van der Waals surface area contributed by atoms with Crippen molar-refractivity contribution in [1.82, 2.24) is 0 Å². The van der Waals surface area contributed by atoms with Gasteiger partial charge in [0.15, 0.2) is 0 Å². The molecule has 1 aromatic carbocycles. The van der Waals surface area contributed by atoms with Crippen LogP contribution in [0.3, 0.4) is 0 Å². The van der Waals surface area contributed by atoms with Crippen LogP contribution in [0.1, 0.15) is 22.3 Å². The summed E-state index contributed by atoms with van der Waals surface area (Å²) < 4.78 is 40.2. The van der Waals surface area contributed by atoms with Gasteiger partial charge in [0.2, 0.25) is 0 Å². The fourth-order valence-corrected chi connectivity index (χ4v) is 1.43. The molecule has 1 rings (SSSR count). The lowest BCUT2D eigenvalue weighted by Crippen LogP contribution is -2.17. The number of aromatic carboxylic acids is 1. The third-order valence-corrected chi connectivity index (χ3v) is 2.18. The molecule has 6 nitrogen and oxygen atoms in total. The first-order valence-corrected chi connectivity index (χ1v) is 5.63. The summed E-state index contributed by atoms with van der Waals surface area (Å²) in [6, 6.07) is 3.05. The van der Waals surface area contributed by atoms with E-state index in [-0.39, 0.29) is 17.7 Å². The Morgan fingerprint density at radius 3 is 2.71 bits per heavy atom. The highest BCUT2D eigenvalue weighted by molar-refractivity contribution is 5.89. The van der Waals surface area contributed by atoms with Crippen molar-refractivity contribution in [2.75, 3.05) is 6.54 Å². The molecule has 0 atom stereocenters. The largest absolute Gasteiger partial charge is 0.573 e. The predicted octanol–water partition coefficient (Wildman–Crippen LogP) is 4.00. The quantitative estimate of drug-likeness (QED) is 0.372. The van der Waals surface area contributed by atoms with Crippen LogP contribution in [0.4, 0.5) is 13.2 Å². The lowest BCUT2D eigenvalue weighted by molar-refractivity contribution is -0.274. The zero-order valence-corrected chi connectivity index (χ0v) is 10.5. The summed E-state index contributed by atoms with van der Waals surface area (Å²) in [5.74, 6) is -1.98. The smallest absolute Gasteiger partial charge is 0.478 e. The fourth-order valence-electron chi connectivity index (χ4n) is 1.43. The number of ether oxygens (including phenoxy) is 1. The Balaban J connectivity index is 2.97. The minimum Gasteiger partial charge on any atom is -0.478 e. The van der Waals surface area contributed by atoms with Crippen LogP contribution in [-0.4, -0.2) is 24.0 Å². The minimum absolute atomic E-state index is 0.192. The van der Waals surface area contributed by atoms with Crippen LogP contribution >= 0.6 is 0 Å². The number of rotatable bonds is 6. The highest BCUT2D eigenvalue weighted by Crippen LogP contribution is 2.25. The molecule has 0 fully saturated rings.